The molecule has 0 aliphatic carbocycles. The SMILES string of the molecule is CCC[C@@H]1NC(=O)[C@@H](NC(=O)OCc2ccccc2)C(C)C(=O)OC(C)(C)C(O)=C1N[C@H](/C=C1\CCOC1=O)C[C@@H]1CCNC1=O. The summed E-state index contributed by atoms with van der Waals surface area (Å²) in [6.07, 6.45) is 3.02. The van der Waals surface area contributed by atoms with Gasteiger partial charge in [-0.25, -0.2) is 9.59 Å². The molecule has 0 radical (unpaired) electrons. The Morgan fingerprint density at radius 3 is 2.54 bits per heavy atom. The number of carbonyl (C=O) groups excluding carboxylic acids is 5. The van der Waals surface area contributed by atoms with Gasteiger partial charge in [0.25, 0.3) is 0 Å². The summed E-state index contributed by atoms with van der Waals surface area (Å²) in [5.74, 6) is -3.90. The Morgan fingerprint density at radius 2 is 1.91 bits per heavy atom. The smallest absolute Gasteiger partial charge is 0.408 e. The lowest BCUT2D eigenvalue weighted by Crippen LogP contribution is -2.57. The molecular formula is C33H44N4O9. The van der Waals surface area contributed by atoms with Crippen molar-refractivity contribution in [2.45, 2.75) is 90.1 Å². The van der Waals surface area contributed by atoms with Crippen LogP contribution in [-0.2, 0) is 40.0 Å². The number of hydrogen-bond acceptors (Lipinski definition) is 10. The fourth-order valence-electron chi connectivity index (χ4n) is 5.72. The molecule has 0 aromatic heterocycles. The van der Waals surface area contributed by atoms with Crippen molar-refractivity contribution in [1.82, 2.24) is 21.3 Å². The fraction of sp³-hybridized carbons (Fsp3) is 0.545. The van der Waals surface area contributed by atoms with E-state index < -0.39 is 53.6 Å². The maximum Gasteiger partial charge on any atom is 0.408 e. The summed E-state index contributed by atoms with van der Waals surface area (Å²) >= 11 is 0. The van der Waals surface area contributed by atoms with Crippen molar-refractivity contribution in [1.29, 1.82) is 0 Å². The van der Waals surface area contributed by atoms with Crippen molar-refractivity contribution in [3.05, 3.63) is 59.0 Å². The van der Waals surface area contributed by atoms with Crippen molar-refractivity contribution in [2.75, 3.05) is 13.2 Å². The first-order chi connectivity index (χ1) is 21.9. The van der Waals surface area contributed by atoms with Gasteiger partial charge in [0.1, 0.15) is 12.6 Å². The molecule has 0 saturated carbocycles. The van der Waals surface area contributed by atoms with Crippen molar-refractivity contribution in [3.8, 4) is 0 Å². The van der Waals surface area contributed by atoms with E-state index in [1.54, 1.807) is 30.3 Å². The van der Waals surface area contributed by atoms with Gasteiger partial charge in [-0.2, -0.15) is 0 Å². The van der Waals surface area contributed by atoms with Gasteiger partial charge in [0.2, 0.25) is 11.8 Å². The summed E-state index contributed by atoms with van der Waals surface area (Å²) in [6, 6.07) is 6.20. The number of benzene rings is 1. The molecule has 1 aromatic carbocycles. The van der Waals surface area contributed by atoms with E-state index in [0.29, 0.717) is 44.2 Å². The van der Waals surface area contributed by atoms with Crippen LogP contribution in [0.15, 0.2) is 53.4 Å². The Kier molecular flexibility index (Phi) is 11.3. The number of amides is 3. The normalized spacial score (nSPS) is 26.5. The maximum absolute atomic E-state index is 13.8. The third-order valence-corrected chi connectivity index (χ3v) is 8.38. The summed E-state index contributed by atoms with van der Waals surface area (Å²) in [5, 5.41) is 23.2. The molecule has 1 aromatic rings. The molecule has 2 saturated heterocycles. The Labute approximate surface area is 268 Å². The average Bonchev–Trinajstić information content (AvgIpc) is 3.62. The number of aliphatic hydroxyl groups is 1. The largest absolute Gasteiger partial charge is 0.506 e. The quantitative estimate of drug-likeness (QED) is 0.145. The van der Waals surface area contributed by atoms with Crippen LogP contribution in [0.1, 0.15) is 65.4 Å². The van der Waals surface area contributed by atoms with Gasteiger partial charge in [-0.1, -0.05) is 49.8 Å². The first kappa shape index (κ1) is 34.3. The van der Waals surface area contributed by atoms with E-state index in [9.17, 15) is 29.1 Å². The number of hydrogen-bond donors (Lipinski definition) is 5. The van der Waals surface area contributed by atoms with E-state index in [-0.39, 0.29) is 36.5 Å². The number of esters is 2. The highest BCUT2D eigenvalue weighted by Crippen LogP contribution is 2.29. The molecule has 3 heterocycles. The third kappa shape index (κ3) is 8.58. The molecule has 5 atom stereocenters. The highest BCUT2D eigenvalue weighted by atomic mass is 16.6. The first-order valence-electron chi connectivity index (χ1n) is 15.8. The zero-order valence-corrected chi connectivity index (χ0v) is 26.7. The topological polar surface area (TPSA) is 181 Å². The average molecular weight is 641 g/mol. The lowest BCUT2D eigenvalue weighted by atomic mass is 9.92. The van der Waals surface area contributed by atoms with Gasteiger partial charge < -0.3 is 40.6 Å². The second-order valence-corrected chi connectivity index (χ2v) is 12.4. The van der Waals surface area contributed by atoms with Crippen LogP contribution in [0.3, 0.4) is 0 Å². The van der Waals surface area contributed by atoms with Crippen LogP contribution in [0.2, 0.25) is 0 Å². The van der Waals surface area contributed by atoms with Gasteiger partial charge in [0, 0.05) is 30.5 Å². The molecule has 2 fully saturated rings. The van der Waals surface area contributed by atoms with Gasteiger partial charge >= 0.3 is 18.0 Å². The van der Waals surface area contributed by atoms with Crippen molar-refractivity contribution in [2.24, 2.45) is 11.8 Å². The van der Waals surface area contributed by atoms with Crippen molar-refractivity contribution in [3.63, 3.8) is 0 Å². The van der Waals surface area contributed by atoms with Gasteiger partial charge in [-0.15, -0.1) is 0 Å². The zero-order valence-electron chi connectivity index (χ0n) is 26.7. The van der Waals surface area contributed by atoms with Gasteiger partial charge in [0.05, 0.1) is 24.3 Å². The molecule has 5 N–H and O–H groups in total. The highest BCUT2D eigenvalue weighted by Gasteiger charge is 2.42. The number of ether oxygens (including phenoxy) is 3. The Morgan fingerprint density at radius 1 is 1.17 bits per heavy atom. The predicted octanol–water partition coefficient (Wildman–Crippen LogP) is 2.67. The van der Waals surface area contributed by atoms with E-state index in [2.05, 4.69) is 21.3 Å². The van der Waals surface area contributed by atoms with Crippen LogP contribution >= 0.6 is 0 Å². The molecular weight excluding hydrogens is 596 g/mol. The van der Waals surface area contributed by atoms with Crippen LogP contribution in [0.25, 0.3) is 0 Å². The van der Waals surface area contributed by atoms with Gasteiger partial charge in [-0.3, -0.25) is 14.4 Å². The van der Waals surface area contributed by atoms with Gasteiger partial charge in [0.15, 0.2) is 11.4 Å². The lowest BCUT2D eigenvalue weighted by molar-refractivity contribution is -0.163. The Bertz CT molecular complexity index is 1370. The van der Waals surface area contributed by atoms with Crippen LogP contribution in [0, 0.1) is 11.8 Å². The molecule has 13 heteroatoms. The van der Waals surface area contributed by atoms with Crippen LogP contribution in [0.5, 0.6) is 0 Å². The number of alkyl carbamates (subject to hydrolysis) is 1. The monoisotopic (exact) mass is 640 g/mol. The molecule has 250 valence electrons. The standard InChI is InChI=1S/C33H44N4O9/c1-5-9-24-26(35-23(16-21-12-14-34-28(21)39)17-22-13-15-44-31(22)42)27(38)33(3,4)46-30(41)19(2)25(29(40)36-24)37-32(43)45-18-20-10-7-6-8-11-20/h6-8,10-11,17,19,21,23-25,35,38H,5,9,12-16,18H2,1-4H3,(H,34,39)(H,36,40)(H,37,43)/b22-17+,27-26?/t19?,21-,23-,24-,25-/m0/s1. The van der Waals surface area contributed by atoms with E-state index >= 15 is 0 Å². The highest BCUT2D eigenvalue weighted by molar-refractivity contribution is 5.92. The minimum atomic E-state index is -1.56. The minimum absolute atomic E-state index is 0.0422. The van der Waals surface area contributed by atoms with E-state index in [4.69, 9.17) is 14.2 Å². The predicted molar refractivity (Wildman–Crippen MR) is 166 cm³/mol. The summed E-state index contributed by atoms with van der Waals surface area (Å²) in [7, 11) is 0. The number of carbonyl (C=O) groups is 5. The van der Waals surface area contributed by atoms with Gasteiger partial charge in [-0.05, 0) is 45.6 Å². The lowest BCUT2D eigenvalue weighted by Gasteiger charge is -2.36. The Balaban J connectivity index is 1.65. The van der Waals surface area contributed by atoms with E-state index in [1.807, 2.05) is 13.0 Å². The number of rotatable bonds is 10. The molecule has 3 aliphatic heterocycles. The molecule has 0 bridgehead atoms. The van der Waals surface area contributed by atoms with E-state index in [0.717, 1.165) is 5.56 Å². The molecule has 3 aliphatic rings. The second kappa shape index (κ2) is 15.2. The van der Waals surface area contributed by atoms with Crippen molar-refractivity contribution >= 4 is 29.8 Å². The third-order valence-electron chi connectivity index (χ3n) is 8.38. The van der Waals surface area contributed by atoms with Crippen LogP contribution in [-0.4, -0.2) is 71.8 Å². The van der Waals surface area contributed by atoms with E-state index in [1.165, 1.54) is 20.8 Å². The minimum Gasteiger partial charge on any atom is -0.506 e. The maximum atomic E-state index is 13.8. The summed E-state index contributed by atoms with van der Waals surface area (Å²) < 4.78 is 16.2. The molecule has 1 unspecified atom stereocenters. The summed E-state index contributed by atoms with van der Waals surface area (Å²) in [4.78, 5) is 64.8. The molecule has 0 spiro atoms. The number of nitrogens with one attached hydrogen (secondary N) is 4. The molecule has 3 amide bonds. The molecule has 4 rings (SSSR count). The van der Waals surface area contributed by atoms with Crippen molar-refractivity contribution < 1.29 is 43.3 Å². The summed E-state index contributed by atoms with van der Waals surface area (Å²) in [6.45, 7) is 7.12. The summed E-state index contributed by atoms with van der Waals surface area (Å²) in [5.41, 5.74) is -0.217. The van der Waals surface area contributed by atoms with Crippen LogP contribution in [0.4, 0.5) is 4.79 Å². The fourth-order valence-corrected chi connectivity index (χ4v) is 5.72. The number of aliphatic hydroxyl groups excluding tert-OH is 1. The Hall–Kier alpha value is -4.55. The molecule has 13 nitrogen and oxygen atoms in total. The molecule has 46 heavy (non-hydrogen) atoms. The number of cyclic esters (lactones) is 2. The second-order valence-electron chi connectivity index (χ2n) is 12.4. The zero-order chi connectivity index (χ0) is 33.4. The first-order valence-corrected chi connectivity index (χ1v) is 15.8. The van der Waals surface area contributed by atoms with Crippen LogP contribution < -0.4 is 21.3 Å².